The Hall–Kier alpha value is -0.710. The summed E-state index contributed by atoms with van der Waals surface area (Å²) in [4.78, 5) is 2.35. The van der Waals surface area contributed by atoms with E-state index >= 15 is 0 Å². The van der Waals surface area contributed by atoms with E-state index in [0.29, 0.717) is 6.04 Å². The molecular formula is C15H23NO2S. The van der Waals surface area contributed by atoms with Gasteiger partial charge in [-0.1, -0.05) is 6.08 Å². The van der Waals surface area contributed by atoms with E-state index < -0.39 is 0 Å². The van der Waals surface area contributed by atoms with E-state index in [1.165, 1.54) is 0 Å². The van der Waals surface area contributed by atoms with E-state index in [1.54, 1.807) is 0 Å². The van der Waals surface area contributed by atoms with Gasteiger partial charge in [0.15, 0.2) is 0 Å². The fourth-order valence-electron chi connectivity index (χ4n) is 2.42. The molecule has 4 heteroatoms. The monoisotopic (exact) mass is 281 g/mol. The van der Waals surface area contributed by atoms with Crippen LogP contribution in [0.1, 0.15) is 30.4 Å². The zero-order chi connectivity index (χ0) is 13.7. The first-order chi connectivity index (χ1) is 9.20. The molecule has 0 aliphatic carbocycles. The van der Waals surface area contributed by atoms with Gasteiger partial charge in [0.25, 0.3) is 0 Å². The molecule has 1 N–H and O–H groups in total. The molecule has 2 atom stereocenters. The molecule has 106 valence electrons. The van der Waals surface area contributed by atoms with Gasteiger partial charge in [-0.15, -0.1) is 6.58 Å². The lowest BCUT2D eigenvalue weighted by Gasteiger charge is -2.35. The molecule has 1 aromatic rings. The van der Waals surface area contributed by atoms with Gasteiger partial charge in [0.1, 0.15) is 11.5 Å². The lowest BCUT2D eigenvalue weighted by Crippen LogP contribution is -2.40. The summed E-state index contributed by atoms with van der Waals surface area (Å²) in [5.41, 5.74) is 0. The Labute approximate surface area is 119 Å². The Morgan fingerprint density at radius 1 is 1.63 bits per heavy atom. The van der Waals surface area contributed by atoms with Crippen molar-refractivity contribution in [2.75, 3.05) is 24.6 Å². The molecule has 0 amide bonds. The summed E-state index contributed by atoms with van der Waals surface area (Å²) in [6, 6.07) is 4.38. The second-order valence-corrected chi connectivity index (χ2v) is 6.20. The van der Waals surface area contributed by atoms with Crippen molar-refractivity contribution >= 4 is 11.8 Å². The van der Waals surface area contributed by atoms with Crippen molar-refractivity contribution in [2.24, 2.45) is 0 Å². The van der Waals surface area contributed by atoms with Crippen molar-refractivity contribution in [2.45, 2.75) is 31.9 Å². The third kappa shape index (κ3) is 4.13. The van der Waals surface area contributed by atoms with Gasteiger partial charge in [-0.05, 0) is 31.9 Å². The molecule has 0 bridgehead atoms. The summed E-state index contributed by atoms with van der Waals surface area (Å²) >= 11 is 1.96. The number of aliphatic hydroxyl groups is 1. The van der Waals surface area contributed by atoms with Gasteiger partial charge in [0, 0.05) is 24.6 Å². The van der Waals surface area contributed by atoms with Crippen molar-refractivity contribution in [3.63, 3.8) is 0 Å². The fourth-order valence-corrected chi connectivity index (χ4v) is 3.55. The number of aryl methyl sites for hydroxylation is 1. The van der Waals surface area contributed by atoms with Crippen LogP contribution in [0.5, 0.6) is 0 Å². The maximum atomic E-state index is 10.1. The Morgan fingerprint density at radius 3 is 3.16 bits per heavy atom. The lowest BCUT2D eigenvalue weighted by atomic mass is 10.1. The van der Waals surface area contributed by atoms with Gasteiger partial charge in [-0.3, -0.25) is 4.90 Å². The maximum Gasteiger partial charge on any atom is 0.122 e. The van der Waals surface area contributed by atoms with Gasteiger partial charge in [-0.25, -0.2) is 0 Å². The summed E-state index contributed by atoms with van der Waals surface area (Å²) in [5.74, 6) is 4.16. The molecule has 0 radical (unpaired) electrons. The number of furan rings is 1. The zero-order valence-electron chi connectivity index (χ0n) is 11.5. The smallest absolute Gasteiger partial charge is 0.122 e. The molecular weight excluding hydrogens is 258 g/mol. The second kappa shape index (κ2) is 7.17. The first kappa shape index (κ1) is 14.7. The fraction of sp³-hybridized carbons (Fsp3) is 0.600. The standard InChI is InChI=1S/C15H23NO2S/c1-3-4-5-13(17)10-16-8-9-19-11-14(16)15-7-6-12(2)18-15/h3,6-7,13-14,17H,1,4-5,8-11H2,2H3. The van der Waals surface area contributed by atoms with Crippen molar-refractivity contribution in [3.8, 4) is 0 Å². The van der Waals surface area contributed by atoms with E-state index in [1.807, 2.05) is 30.8 Å². The molecule has 1 fully saturated rings. The highest BCUT2D eigenvalue weighted by Crippen LogP contribution is 2.30. The number of nitrogens with zero attached hydrogens (tertiary/aromatic N) is 1. The SMILES string of the molecule is C=CCCC(O)CN1CCSCC1c1ccc(C)o1. The Kier molecular flexibility index (Phi) is 5.55. The normalized spacial score (nSPS) is 22.3. The molecule has 1 aliphatic heterocycles. The molecule has 1 aromatic heterocycles. The summed E-state index contributed by atoms with van der Waals surface area (Å²) in [7, 11) is 0. The first-order valence-electron chi connectivity index (χ1n) is 6.88. The largest absolute Gasteiger partial charge is 0.465 e. The van der Waals surface area contributed by atoms with Crippen LogP contribution >= 0.6 is 11.8 Å². The summed E-state index contributed by atoms with van der Waals surface area (Å²) < 4.78 is 5.76. The lowest BCUT2D eigenvalue weighted by molar-refractivity contribution is 0.0828. The van der Waals surface area contributed by atoms with E-state index in [0.717, 1.165) is 49.0 Å². The molecule has 3 nitrogen and oxygen atoms in total. The van der Waals surface area contributed by atoms with Gasteiger partial charge < -0.3 is 9.52 Å². The molecule has 0 spiro atoms. The van der Waals surface area contributed by atoms with Gasteiger partial charge in [0.2, 0.25) is 0 Å². The topological polar surface area (TPSA) is 36.6 Å². The molecule has 0 aromatic carbocycles. The summed E-state index contributed by atoms with van der Waals surface area (Å²) in [5, 5.41) is 10.1. The van der Waals surface area contributed by atoms with Crippen LogP contribution in [0.25, 0.3) is 0 Å². The average molecular weight is 281 g/mol. The van der Waals surface area contributed by atoms with Crippen LogP contribution in [0.2, 0.25) is 0 Å². The average Bonchev–Trinajstić information content (AvgIpc) is 2.83. The molecule has 2 rings (SSSR count). The minimum Gasteiger partial charge on any atom is -0.465 e. The number of allylic oxidation sites excluding steroid dienone is 1. The minimum absolute atomic E-state index is 0.278. The van der Waals surface area contributed by atoms with Crippen molar-refractivity contribution in [1.82, 2.24) is 4.90 Å². The van der Waals surface area contributed by atoms with Gasteiger partial charge in [-0.2, -0.15) is 11.8 Å². The Bertz CT molecular complexity index is 405. The molecule has 2 heterocycles. The highest BCUT2D eigenvalue weighted by Gasteiger charge is 2.27. The van der Waals surface area contributed by atoms with E-state index in [9.17, 15) is 5.11 Å². The van der Waals surface area contributed by atoms with Gasteiger partial charge >= 0.3 is 0 Å². The number of hydrogen-bond acceptors (Lipinski definition) is 4. The summed E-state index contributed by atoms with van der Waals surface area (Å²) in [6.45, 7) is 7.41. The van der Waals surface area contributed by atoms with Crippen LogP contribution in [0.4, 0.5) is 0 Å². The van der Waals surface area contributed by atoms with Crippen LogP contribution in [0.15, 0.2) is 29.2 Å². The second-order valence-electron chi connectivity index (χ2n) is 5.05. The number of β-amino-alcohol motifs (C(OH)–C–C–N with tert-alkyl or cyclic N) is 1. The van der Waals surface area contributed by atoms with Crippen molar-refractivity contribution in [1.29, 1.82) is 0 Å². The highest BCUT2D eigenvalue weighted by atomic mass is 32.2. The van der Waals surface area contributed by atoms with E-state index in [4.69, 9.17) is 4.42 Å². The molecule has 1 saturated heterocycles. The predicted molar refractivity (Wildman–Crippen MR) is 80.5 cm³/mol. The Balaban J connectivity index is 1.97. The van der Waals surface area contributed by atoms with Crippen LogP contribution in [-0.2, 0) is 0 Å². The van der Waals surface area contributed by atoms with Crippen LogP contribution in [-0.4, -0.2) is 40.7 Å². The maximum absolute atomic E-state index is 10.1. The molecule has 1 aliphatic rings. The molecule has 0 saturated carbocycles. The van der Waals surface area contributed by atoms with Gasteiger partial charge in [0.05, 0.1) is 12.1 Å². The van der Waals surface area contributed by atoms with Crippen molar-refractivity contribution in [3.05, 3.63) is 36.3 Å². The highest BCUT2D eigenvalue weighted by molar-refractivity contribution is 7.99. The van der Waals surface area contributed by atoms with Crippen LogP contribution in [0, 0.1) is 6.92 Å². The zero-order valence-corrected chi connectivity index (χ0v) is 12.4. The molecule has 19 heavy (non-hydrogen) atoms. The quantitative estimate of drug-likeness (QED) is 0.813. The van der Waals surface area contributed by atoms with E-state index in [-0.39, 0.29) is 6.10 Å². The summed E-state index contributed by atoms with van der Waals surface area (Å²) in [6.07, 6.45) is 3.24. The third-order valence-electron chi connectivity index (χ3n) is 3.48. The number of thioether (sulfide) groups is 1. The molecule has 2 unspecified atom stereocenters. The van der Waals surface area contributed by atoms with E-state index in [2.05, 4.69) is 17.5 Å². The predicted octanol–water partition coefficient (Wildman–Crippen LogP) is 3.01. The number of rotatable bonds is 6. The van der Waals surface area contributed by atoms with Crippen LogP contribution < -0.4 is 0 Å². The minimum atomic E-state index is -0.278. The number of hydrogen-bond donors (Lipinski definition) is 1. The van der Waals surface area contributed by atoms with Crippen molar-refractivity contribution < 1.29 is 9.52 Å². The number of aliphatic hydroxyl groups excluding tert-OH is 1. The first-order valence-corrected chi connectivity index (χ1v) is 8.03. The Morgan fingerprint density at radius 2 is 2.47 bits per heavy atom. The van der Waals surface area contributed by atoms with Crippen LogP contribution in [0.3, 0.4) is 0 Å². The third-order valence-corrected chi connectivity index (χ3v) is 4.50.